The molecule has 0 saturated carbocycles. The summed E-state index contributed by atoms with van der Waals surface area (Å²) in [5.74, 6) is 0.0808. The fourth-order valence-electron chi connectivity index (χ4n) is 2.72. The Morgan fingerprint density at radius 2 is 1.57 bits per heavy atom. The molecule has 0 spiro atoms. The average molecular weight is 311 g/mol. The molecule has 0 N–H and O–H groups in total. The number of rotatable bonds is 5. The van der Waals surface area contributed by atoms with Crippen molar-refractivity contribution in [3.8, 4) is 0 Å². The Morgan fingerprint density at radius 3 is 2.13 bits per heavy atom. The monoisotopic (exact) mass is 311 g/mol. The summed E-state index contributed by atoms with van der Waals surface area (Å²) in [5, 5.41) is 0. The van der Waals surface area contributed by atoms with Crippen LogP contribution in [0.15, 0.2) is 54.6 Å². The number of hydrogen-bond donors (Lipinski definition) is 0. The smallest absolute Gasteiger partial charge is 0.254 e. The van der Waals surface area contributed by atoms with Crippen molar-refractivity contribution in [2.75, 3.05) is 7.05 Å². The molecule has 0 aliphatic heterocycles. The highest BCUT2D eigenvalue weighted by atomic mass is 16.2. The molecule has 124 valence electrons. The highest BCUT2D eigenvalue weighted by molar-refractivity contribution is 5.94. The molecular formula is C21H29NO. The molecule has 0 radical (unpaired) electrons. The average Bonchev–Trinajstić information content (AvgIpc) is 2.62. The van der Waals surface area contributed by atoms with E-state index in [4.69, 9.17) is 0 Å². The van der Waals surface area contributed by atoms with E-state index in [9.17, 15) is 4.79 Å². The fraction of sp³-hybridized carbons (Fsp3) is 0.381. The predicted octanol–water partition coefficient (Wildman–Crippen LogP) is 5.63. The molecule has 2 nitrogen and oxygen atoms in total. The lowest BCUT2D eigenvalue weighted by molar-refractivity contribution is 0.0721. The van der Waals surface area contributed by atoms with E-state index in [-0.39, 0.29) is 11.9 Å². The van der Waals surface area contributed by atoms with Gasteiger partial charge in [-0.3, -0.25) is 4.79 Å². The largest absolute Gasteiger partial charge is 0.335 e. The molecule has 1 amide bonds. The molecule has 0 bridgehead atoms. The Bertz CT molecular complexity index is 592. The molecule has 0 saturated heterocycles. The van der Waals surface area contributed by atoms with E-state index >= 15 is 0 Å². The molecule has 2 aromatic rings. The molecule has 0 aliphatic rings. The molecular weight excluding hydrogens is 282 g/mol. The van der Waals surface area contributed by atoms with E-state index in [2.05, 4.69) is 26.0 Å². The van der Waals surface area contributed by atoms with Gasteiger partial charge in [0.15, 0.2) is 0 Å². The van der Waals surface area contributed by atoms with E-state index in [1.165, 1.54) is 11.1 Å². The minimum absolute atomic E-state index is 0.0808. The van der Waals surface area contributed by atoms with Crippen molar-refractivity contribution in [1.29, 1.82) is 0 Å². The van der Waals surface area contributed by atoms with Crippen molar-refractivity contribution in [2.24, 2.45) is 0 Å². The zero-order chi connectivity index (χ0) is 17.2. The minimum atomic E-state index is 0.0808. The molecule has 0 fully saturated rings. The predicted molar refractivity (Wildman–Crippen MR) is 98.7 cm³/mol. The van der Waals surface area contributed by atoms with Crippen LogP contribution in [0, 0.1) is 6.92 Å². The maximum atomic E-state index is 12.7. The number of carbonyl (C=O) groups excluding carboxylic acids is 1. The first-order valence-electron chi connectivity index (χ1n) is 8.53. The maximum Gasteiger partial charge on any atom is 0.254 e. The molecule has 23 heavy (non-hydrogen) atoms. The van der Waals surface area contributed by atoms with Gasteiger partial charge in [0.1, 0.15) is 0 Å². The van der Waals surface area contributed by atoms with Gasteiger partial charge < -0.3 is 4.90 Å². The SMILES string of the molecule is CC.CCCC(c1ccccc1C)N(C)C(=O)c1ccccc1. The van der Waals surface area contributed by atoms with E-state index in [1.54, 1.807) is 0 Å². The topological polar surface area (TPSA) is 20.3 Å². The van der Waals surface area contributed by atoms with E-state index in [0.29, 0.717) is 0 Å². The summed E-state index contributed by atoms with van der Waals surface area (Å²) >= 11 is 0. The highest BCUT2D eigenvalue weighted by Crippen LogP contribution is 2.28. The Morgan fingerprint density at radius 1 is 1.00 bits per heavy atom. The molecule has 1 atom stereocenters. The van der Waals surface area contributed by atoms with Crippen molar-refractivity contribution in [2.45, 2.75) is 46.6 Å². The van der Waals surface area contributed by atoms with Gasteiger partial charge in [-0.05, 0) is 36.6 Å². The van der Waals surface area contributed by atoms with Gasteiger partial charge in [0.2, 0.25) is 0 Å². The third-order valence-electron chi connectivity index (χ3n) is 3.92. The molecule has 0 heterocycles. The quantitative estimate of drug-likeness (QED) is 0.700. The van der Waals surface area contributed by atoms with Gasteiger partial charge in [-0.2, -0.15) is 0 Å². The van der Waals surface area contributed by atoms with Crippen molar-refractivity contribution < 1.29 is 4.79 Å². The van der Waals surface area contributed by atoms with E-state index in [0.717, 1.165) is 18.4 Å². The third kappa shape index (κ3) is 4.95. The number of amides is 1. The molecule has 2 heteroatoms. The van der Waals surface area contributed by atoms with Crippen LogP contribution < -0.4 is 0 Å². The molecule has 1 unspecified atom stereocenters. The molecule has 0 aliphatic carbocycles. The van der Waals surface area contributed by atoms with Crippen molar-refractivity contribution in [3.05, 3.63) is 71.3 Å². The lowest BCUT2D eigenvalue weighted by Crippen LogP contribution is -2.31. The van der Waals surface area contributed by atoms with Crippen LogP contribution in [0.4, 0.5) is 0 Å². The number of hydrogen-bond acceptors (Lipinski definition) is 1. The fourth-order valence-corrected chi connectivity index (χ4v) is 2.72. The van der Waals surface area contributed by atoms with Crippen molar-refractivity contribution in [3.63, 3.8) is 0 Å². The van der Waals surface area contributed by atoms with Gasteiger partial charge >= 0.3 is 0 Å². The minimum Gasteiger partial charge on any atom is -0.335 e. The van der Waals surface area contributed by atoms with Gasteiger partial charge in [-0.15, -0.1) is 0 Å². The summed E-state index contributed by atoms with van der Waals surface area (Å²) in [6.07, 6.45) is 2.02. The summed E-state index contributed by atoms with van der Waals surface area (Å²) in [7, 11) is 1.90. The first kappa shape index (κ1) is 19.0. The summed E-state index contributed by atoms with van der Waals surface area (Å²) in [6.45, 7) is 8.27. The Hall–Kier alpha value is -2.09. The van der Waals surface area contributed by atoms with Crippen LogP contribution in [0.1, 0.15) is 61.1 Å². The number of aryl methyl sites for hydroxylation is 1. The van der Waals surface area contributed by atoms with Crippen LogP contribution in [-0.2, 0) is 0 Å². The van der Waals surface area contributed by atoms with Crippen LogP contribution in [0.3, 0.4) is 0 Å². The van der Waals surface area contributed by atoms with Crippen LogP contribution in [0.2, 0.25) is 0 Å². The van der Waals surface area contributed by atoms with Gasteiger partial charge in [-0.1, -0.05) is 69.7 Å². The number of carbonyl (C=O) groups is 1. The second kappa shape index (κ2) is 9.83. The van der Waals surface area contributed by atoms with Gasteiger partial charge in [0.05, 0.1) is 6.04 Å². The third-order valence-corrected chi connectivity index (χ3v) is 3.92. The van der Waals surface area contributed by atoms with Crippen LogP contribution in [-0.4, -0.2) is 17.9 Å². The zero-order valence-electron chi connectivity index (χ0n) is 15.0. The summed E-state index contributed by atoms with van der Waals surface area (Å²) < 4.78 is 0. The highest BCUT2D eigenvalue weighted by Gasteiger charge is 2.22. The van der Waals surface area contributed by atoms with Gasteiger partial charge in [0, 0.05) is 12.6 Å². The molecule has 2 rings (SSSR count). The van der Waals surface area contributed by atoms with Crippen LogP contribution in [0.5, 0.6) is 0 Å². The number of nitrogens with zero attached hydrogens (tertiary/aromatic N) is 1. The second-order valence-electron chi connectivity index (χ2n) is 5.44. The Balaban J connectivity index is 0.00000127. The van der Waals surface area contributed by atoms with Gasteiger partial charge in [-0.25, -0.2) is 0 Å². The Labute approximate surface area is 141 Å². The lowest BCUT2D eigenvalue weighted by Gasteiger charge is -2.29. The normalized spacial score (nSPS) is 11.2. The van der Waals surface area contributed by atoms with Crippen molar-refractivity contribution >= 4 is 5.91 Å². The first-order chi connectivity index (χ1) is 11.1. The second-order valence-corrected chi connectivity index (χ2v) is 5.44. The van der Waals surface area contributed by atoms with Gasteiger partial charge in [0.25, 0.3) is 5.91 Å². The summed E-state index contributed by atoms with van der Waals surface area (Å²) in [5.41, 5.74) is 3.23. The standard InChI is InChI=1S/C19H23NO.C2H6/c1-4-10-18(17-14-9-8-11-15(17)2)20(3)19(21)16-12-6-5-7-13-16;1-2/h5-9,11-14,18H,4,10H2,1-3H3;1-2H3. The molecule has 0 aromatic heterocycles. The zero-order valence-corrected chi connectivity index (χ0v) is 15.0. The van der Waals surface area contributed by atoms with Crippen molar-refractivity contribution in [1.82, 2.24) is 4.90 Å². The summed E-state index contributed by atoms with van der Waals surface area (Å²) in [4.78, 5) is 14.5. The van der Waals surface area contributed by atoms with Crippen LogP contribution in [0.25, 0.3) is 0 Å². The molecule has 2 aromatic carbocycles. The maximum absolute atomic E-state index is 12.7. The number of benzene rings is 2. The summed E-state index contributed by atoms with van der Waals surface area (Å²) in [6, 6.07) is 18.0. The van der Waals surface area contributed by atoms with E-state index in [1.807, 2.05) is 68.3 Å². The van der Waals surface area contributed by atoms with E-state index < -0.39 is 0 Å². The first-order valence-corrected chi connectivity index (χ1v) is 8.53. The van der Waals surface area contributed by atoms with Crippen LogP contribution >= 0.6 is 0 Å². The Kier molecular flexibility index (Phi) is 8.10. The lowest BCUT2D eigenvalue weighted by atomic mass is 9.96.